The molecule has 2 unspecified atom stereocenters. The second-order valence-electron chi connectivity index (χ2n) is 9.76. The fraction of sp³-hybridized carbons (Fsp3) is 0.615. The van der Waals surface area contributed by atoms with E-state index in [0.29, 0.717) is 18.5 Å². The molecule has 8 heteroatoms. The normalized spacial score (nSPS) is 12.9. The van der Waals surface area contributed by atoms with Crippen molar-refractivity contribution in [1.82, 2.24) is 15.5 Å². The summed E-state index contributed by atoms with van der Waals surface area (Å²) in [4.78, 5) is 40.7. The second-order valence-corrected chi connectivity index (χ2v) is 9.76. The highest BCUT2D eigenvalue weighted by Crippen LogP contribution is 2.23. The molecule has 0 heterocycles. The Morgan fingerprint density at radius 3 is 2.29 bits per heavy atom. The summed E-state index contributed by atoms with van der Waals surface area (Å²) in [6.45, 7) is 11.3. The zero-order valence-corrected chi connectivity index (χ0v) is 21.4. The lowest BCUT2D eigenvalue weighted by atomic mass is 9.99. The zero-order chi connectivity index (χ0) is 25.7. The average molecular weight is 473 g/mol. The molecule has 0 aliphatic carbocycles. The fourth-order valence-electron chi connectivity index (χ4n) is 3.51. The molecule has 1 aromatic carbocycles. The molecule has 0 spiro atoms. The Kier molecular flexibility index (Phi) is 12.1. The Balaban J connectivity index is 3.28. The van der Waals surface area contributed by atoms with Gasteiger partial charge in [0.25, 0.3) is 0 Å². The largest absolute Gasteiger partial charge is 0.444 e. The minimum Gasteiger partial charge on any atom is -0.444 e. The molecular formula is C26H40N4O4. The molecule has 0 aromatic heterocycles. The van der Waals surface area contributed by atoms with E-state index in [1.54, 1.807) is 45.0 Å². The number of unbranched alkanes of at least 4 members (excludes halogenated alkanes) is 2. The first-order valence-corrected chi connectivity index (χ1v) is 12.0. The third-order valence-electron chi connectivity index (χ3n) is 4.98. The number of benzene rings is 1. The van der Waals surface area contributed by atoms with Crippen LogP contribution in [0.1, 0.15) is 78.8 Å². The number of hydrogen-bond donors (Lipinski definition) is 2. The predicted molar refractivity (Wildman–Crippen MR) is 132 cm³/mol. The summed E-state index contributed by atoms with van der Waals surface area (Å²) in [7, 11) is 0. The minimum atomic E-state index is -0.995. The van der Waals surface area contributed by atoms with Gasteiger partial charge in [0.1, 0.15) is 24.2 Å². The Bertz CT molecular complexity index is 827. The number of ether oxygens (including phenoxy) is 1. The van der Waals surface area contributed by atoms with Crippen molar-refractivity contribution < 1.29 is 19.1 Å². The smallest absolute Gasteiger partial charge is 0.408 e. The van der Waals surface area contributed by atoms with Gasteiger partial charge < -0.3 is 20.3 Å². The number of amides is 3. The van der Waals surface area contributed by atoms with Gasteiger partial charge in [-0.3, -0.25) is 9.59 Å². The van der Waals surface area contributed by atoms with E-state index in [9.17, 15) is 19.6 Å². The Hall–Kier alpha value is -3.08. The number of nitrogens with one attached hydrogen (secondary N) is 2. The first-order valence-electron chi connectivity index (χ1n) is 12.0. The molecule has 188 valence electrons. The van der Waals surface area contributed by atoms with Gasteiger partial charge in [-0.2, -0.15) is 5.26 Å². The van der Waals surface area contributed by atoms with Gasteiger partial charge in [0.05, 0.1) is 6.07 Å². The summed E-state index contributed by atoms with van der Waals surface area (Å²) in [6.07, 6.45) is 2.44. The summed E-state index contributed by atoms with van der Waals surface area (Å²) in [5.41, 5.74) is -0.132. The number of rotatable bonds is 12. The molecule has 34 heavy (non-hydrogen) atoms. The molecule has 0 saturated heterocycles. The van der Waals surface area contributed by atoms with Crippen LogP contribution >= 0.6 is 0 Å². The first-order chi connectivity index (χ1) is 16.0. The number of hydrogen-bond acceptors (Lipinski definition) is 5. The predicted octanol–water partition coefficient (Wildman–Crippen LogP) is 4.33. The van der Waals surface area contributed by atoms with Gasteiger partial charge in [-0.25, -0.2) is 4.79 Å². The zero-order valence-electron chi connectivity index (χ0n) is 21.4. The van der Waals surface area contributed by atoms with Crippen LogP contribution in [0.15, 0.2) is 30.3 Å². The van der Waals surface area contributed by atoms with Crippen LogP contribution in [-0.2, 0) is 14.3 Å². The molecule has 8 nitrogen and oxygen atoms in total. The molecule has 3 amide bonds. The molecule has 0 aliphatic rings. The Labute approximate surface area is 204 Å². The van der Waals surface area contributed by atoms with Crippen molar-refractivity contribution in [3.63, 3.8) is 0 Å². The Morgan fingerprint density at radius 2 is 1.76 bits per heavy atom. The van der Waals surface area contributed by atoms with Crippen molar-refractivity contribution in [3.05, 3.63) is 35.9 Å². The third-order valence-corrected chi connectivity index (χ3v) is 4.98. The molecule has 2 N–H and O–H groups in total. The van der Waals surface area contributed by atoms with Crippen molar-refractivity contribution in [2.75, 3.05) is 13.1 Å². The van der Waals surface area contributed by atoms with Crippen molar-refractivity contribution in [3.8, 4) is 6.07 Å². The number of alkyl carbamates (subject to hydrolysis) is 1. The van der Waals surface area contributed by atoms with Crippen LogP contribution in [0.5, 0.6) is 0 Å². The maximum Gasteiger partial charge on any atom is 0.408 e. The number of carbonyl (C=O) groups excluding carboxylic acids is 3. The molecule has 0 bridgehead atoms. The van der Waals surface area contributed by atoms with E-state index in [4.69, 9.17) is 4.74 Å². The quantitative estimate of drug-likeness (QED) is 0.347. The molecule has 0 radical (unpaired) electrons. The Morgan fingerprint density at radius 1 is 1.12 bits per heavy atom. The van der Waals surface area contributed by atoms with Crippen molar-refractivity contribution in [2.24, 2.45) is 5.92 Å². The van der Waals surface area contributed by atoms with Gasteiger partial charge in [0, 0.05) is 6.54 Å². The van der Waals surface area contributed by atoms with Crippen LogP contribution in [-0.4, -0.2) is 47.5 Å². The van der Waals surface area contributed by atoms with Crippen molar-refractivity contribution in [2.45, 2.75) is 84.9 Å². The molecular weight excluding hydrogens is 432 g/mol. The first kappa shape index (κ1) is 29.0. The van der Waals surface area contributed by atoms with E-state index in [1.165, 1.54) is 4.90 Å². The summed E-state index contributed by atoms with van der Waals surface area (Å²) < 4.78 is 5.34. The van der Waals surface area contributed by atoms with E-state index in [-0.39, 0.29) is 18.4 Å². The lowest BCUT2D eigenvalue weighted by molar-refractivity contribution is -0.142. The van der Waals surface area contributed by atoms with Crippen LogP contribution in [0.2, 0.25) is 0 Å². The summed E-state index contributed by atoms with van der Waals surface area (Å²) >= 11 is 0. The van der Waals surface area contributed by atoms with Crippen LogP contribution in [0.25, 0.3) is 0 Å². The van der Waals surface area contributed by atoms with Crippen LogP contribution in [0.4, 0.5) is 4.79 Å². The molecule has 0 aliphatic heterocycles. The minimum absolute atomic E-state index is 0.0749. The maximum atomic E-state index is 13.7. The van der Waals surface area contributed by atoms with Gasteiger partial charge in [0.2, 0.25) is 11.8 Å². The lowest BCUT2D eigenvalue weighted by Gasteiger charge is -2.33. The average Bonchev–Trinajstić information content (AvgIpc) is 2.74. The van der Waals surface area contributed by atoms with Gasteiger partial charge in [0.15, 0.2) is 0 Å². The van der Waals surface area contributed by atoms with Gasteiger partial charge in [-0.05, 0) is 45.1 Å². The topological polar surface area (TPSA) is 112 Å². The van der Waals surface area contributed by atoms with Crippen molar-refractivity contribution in [1.29, 1.82) is 5.26 Å². The highest BCUT2D eigenvalue weighted by Gasteiger charge is 2.36. The standard InChI is InChI=1S/C26H40N4O4/c1-7-8-12-16-28-23(31)22(20-13-10-9-11-14-20)30(17-15-27)24(32)21(18-19(2)3)29-25(33)34-26(4,5)6/h9-11,13-14,19,21-22H,7-8,12,16-18H2,1-6H3,(H,28,31)(H,29,33). The highest BCUT2D eigenvalue weighted by atomic mass is 16.6. The molecule has 2 atom stereocenters. The maximum absolute atomic E-state index is 13.7. The van der Waals surface area contributed by atoms with Gasteiger partial charge in [-0.15, -0.1) is 0 Å². The van der Waals surface area contributed by atoms with Crippen LogP contribution in [0.3, 0.4) is 0 Å². The van der Waals surface area contributed by atoms with Crippen LogP contribution in [0, 0.1) is 17.2 Å². The SMILES string of the molecule is CCCCCNC(=O)C(c1ccccc1)N(CC#N)C(=O)C(CC(C)C)NC(=O)OC(C)(C)C. The summed E-state index contributed by atoms with van der Waals surface area (Å²) in [5, 5.41) is 15.1. The summed E-state index contributed by atoms with van der Waals surface area (Å²) in [6, 6.07) is 8.98. The molecule has 0 fully saturated rings. The second kappa shape index (κ2) is 14.2. The molecule has 0 saturated carbocycles. The van der Waals surface area contributed by atoms with E-state index < -0.39 is 29.7 Å². The van der Waals surface area contributed by atoms with E-state index in [2.05, 4.69) is 17.6 Å². The monoisotopic (exact) mass is 472 g/mol. The third kappa shape index (κ3) is 10.2. The number of carbonyl (C=O) groups is 3. The van der Waals surface area contributed by atoms with E-state index in [1.807, 2.05) is 26.0 Å². The summed E-state index contributed by atoms with van der Waals surface area (Å²) in [5.74, 6) is -0.781. The van der Waals surface area contributed by atoms with Gasteiger partial charge in [-0.1, -0.05) is 63.9 Å². The molecule has 1 aromatic rings. The van der Waals surface area contributed by atoms with E-state index in [0.717, 1.165) is 19.3 Å². The number of nitrogens with zero attached hydrogens (tertiary/aromatic N) is 2. The highest BCUT2D eigenvalue weighted by molar-refractivity contribution is 5.92. The van der Waals surface area contributed by atoms with Crippen LogP contribution < -0.4 is 10.6 Å². The number of nitriles is 1. The van der Waals surface area contributed by atoms with Gasteiger partial charge >= 0.3 is 6.09 Å². The fourth-order valence-corrected chi connectivity index (χ4v) is 3.51. The lowest BCUT2D eigenvalue weighted by Crippen LogP contribution is -2.53. The van der Waals surface area contributed by atoms with Crippen molar-refractivity contribution >= 4 is 17.9 Å². The molecule has 1 rings (SSSR count). The van der Waals surface area contributed by atoms with E-state index >= 15 is 0 Å².